The van der Waals surface area contributed by atoms with Crippen LogP contribution < -0.4 is 35.8 Å². The summed E-state index contributed by atoms with van der Waals surface area (Å²) in [7, 11) is -0.236. The summed E-state index contributed by atoms with van der Waals surface area (Å²) in [6.45, 7) is 46.7. The number of hydrogen-bond acceptors (Lipinski definition) is 33. The van der Waals surface area contributed by atoms with E-state index in [0.717, 1.165) is 19.5 Å². The van der Waals surface area contributed by atoms with Gasteiger partial charge in [-0.3, -0.25) is 9.59 Å². The molecule has 720 valence electrons. The van der Waals surface area contributed by atoms with Gasteiger partial charge in [0.2, 0.25) is 0 Å². The molecule has 34 nitrogen and oxygen atoms in total. The maximum atomic E-state index is 11.5. The van der Waals surface area contributed by atoms with Crippen LogP contribution in [0.3, 0.4) is 0 Å². The van der Waals surface area contributed by atoms with Gasteiger partial charge in [-0.2, -0.15) is 13.2 Å². The Balaban J connectivity index is -0.000000145. The van der Waals surface area contributed by atoms with E-state index in [2.05, 4.69) is 57.3 Å². The summed E-state index contributed by atoms with van der Waals surface area (Å²) >= 11 is 3.08. The molecule has 8 saturated heterocycles. The van der Waals surface area contributed by atoms with Crippen LogP contribution in [0.1, 0.15) is 111 Å². The number of hydrogen-bond donors (Lipinski definition) is 3. The molecule has 8 aliphatic rings. The molecule has 0 spiro atoms. The van der Waals surface area contributed by atoms with E-state index in [0.29, 0.717) is 175 Å². The van der Waals surface area contributed by atoms with Gasteiger partial charge in [-0.05, 0) is 92.6 Å². The first-order valence-electron chi connectivity index (χ1n) is 37.3. The van der Waals surface area contributed by atoms with E-state index in [1.165, 1.54) is 13.2 Å². The average Bonchev–Trinajstić information content (AvgIpc) is 0.835. The molecule has 0 radical (unpaired) electrons. The molecule has 6 atom stereocenters. The number of aldehydes is 2. The van der Waals surface area contributed by atoms with Gasteiger partial charge in [0.25, 0.3) is 6.16 Å². The molecule has 8 heterocycles. The van der Waals surface area contributed by atoms with Crippen LogP contribution in [0.4, 0.5) is 26.7 Å². The van der Waals surface area contributed by atoms with Crippen molar-refractivity contribution in [1.82, 2.24) is 0 Å². The van der Waals surface area contributed by atoms with Gasteiger partial charge in [0.15, 0.2) is 18.7 Å². The molecule has 0 aromatic heterocycles. The maximum Gasteiger partial charge on any atom is 2.00 e. The zero-order valence-electron chi connectivity index (χ0n) is 74.7. The van der Waals surface area contributed by atoms with Crippen molar-refractivity contribution in [2.24, 2.45) is 29.6 Å². The smallest absolute Gasteiger partial charge is 1.00 e. The molecule has 8 fully saturated rings. The van der Waals surface area contributed by atoms with Crippen LogP contribution >= 0.6 is 24.0 Å². The third-order valence-corrected chi connectivity index (χ3v) is 16.7. The Hall–Kier alpha value is -3.93. The van der Waals surface area contributed by atoms with Crippen LogP contribution in [0, 0.1) is 37.0 Å². The van der Waals surface area contributed by atoms with Crippen molar-refractivity contribution in [2.75, 3.05) is 211 Å². The summed E-state index contributed by atoms with van der Waals surface area (Å²) in [5.74, 6) is -2.50. The molecule has 45 heteroatoms. The van der Waals surface area contributed by atoms with Gasteiger partial charge >= 0.3 is 91.9 Å². The van der Waals surface area contributed by atoms with Gasteiger partial charge < -0.3 is 145 Å². The van der Waals surface area contributed by atoms with Crippen molar-refractivity contribution in [3.05, 3.63) is 56.0 Å². The van der Waals surface area contributed by atoms with Gasteiger partial charge in [0.05, 0.1) is 178 Å². The Kier molecular flexibility index (Phi) is 89.4. The van der Waals surface area contributed by atoms with Crippen LogP contribution in [0.5, 0.6) is 0 Å². The first-order valence-corrected chi connectivity index (χ1v) is 39.8. The van der Waals surface area contributed by atoms with Crippen LogP contribution in [0.15, 0.2) is 48.6 Å². The van der Waals surface area contributed by atoms with Gasteiger partial charge in [-0.15, -0.1) is 4.52 Å². The van der Waals surface area contributed by atoms with Crippen LogP contribution in [-0.2, 0) is 142 Å². The molecule has 124 heavy (non-hydrogen) atoms. The molecule has 0 aliphatic carbocycles. The second-order valence-electron chi connectivity index (χ2n) is 29.2. The van der Waals surface area contributed by atoms with Crippen molar-refractivity contribution in [1.29, 1.82) is 0 Å². The molecule has 8 rings (SSSR count). The number of carboxylic acids is 1. The number of methoxy groups -OCH3 is 2. The fourth-order valence-corrected chi connectivity index (χ4v) is 8.35. The van der Waals surface area contributed by atoms with E-state index in [9.17, 15) is 60.5 Å². The van der Waals surface area contributed by atoms with Crippen LogP contribution in [-0.4, -0.2) is 354 Å². The van der Waals surface area contributed by atoms with Crippen molar-refractivity contribution in [3.8, 4) is 0 Å². The Labute approximate surface area is 775 Å². The summed E-state index contributed by atoms with van der Waals surface area (Å²) in [4.78, 5) is 93.2. The van der Waals surface area contributed by atoms with Crippen molar-refractivity contribution in [2.45, 2.75) is 157 Å². The molecule has 0 bridgehead atoms. The topological polar surface area (TPSA) is 446 Å². The SMILES string of the molecule is C.C=C(CBr)C(=O)OCC.C=C(COC1(C)COC1)C(=O)OCC.CC(/C=C\C(=O)O)COC1(C)COC1.CC(C=O)COC1(C)COC1.CC(CO)COC1(C)COC1.CC1(O)COC1.CCOC(=O)C(C)COC1(C)COC1.COC(=O)/C=C\C(C)COC1(C)COC1.COC(=O)C[P+](=O)OCC(F)(F)F.FF.O=C1COC1.O=CCF.[Br-].[CH3-].[Li+].[Mg+2].[OH-]. The number of esters is 5. The van der Waals surface area contributed by atoms with Crippen molar-refractivity contribution >= 4 is 101 Å². The third kappa shape index (κ3) is 75.8. The molecular weight excluding hydrogens is 1830 g/mol. The quantitative estimate of drug-likeness (QED) is 0.00934. The predicted molar refractivity (Wildman–Crippen MR) is 439 cm³/mol. The van der Waals surface area contributed by atoms with Crippen molar-refractivity contribution < 1.29 is 226 Å². The van der Waals surface area contributed by atoms with E-state index in [1.807, 2.05) is 69.2 Å². The second-order valence-corrected chi connectivity index (χ2v) is 31.0. The van der Waals surface area contributed by atoms with E-state index in [4.69, 9.17) is 95.6 Å². The first kappa shape index (κ1) is 141. The fourth-order valence-electron chi connectivity index (χ4n) is 7.40. The van der Waals surface area contributed by atoms with Gasteiger partial charge in [-0.1, -0.05) is 76.4 Å². The average molecular weight is 1970 g/mol. The number of carbonyl (C=O) groups is 9. The number of ether oxygens (including phenoxy) is 19. The fraction of sp³-hybridized carbons (Fsp3) is 0.772. The molecule has 0 saturated carbocycles. The molecule has 0 aromatic carbocycles. The number of halogens is 8. The minimum Gasteiger partial charge on any atom is -1.00 e. The Morgan fingerprint density at radius 3 is 1.16 bits per heavy atom. The standard InChI is InChI=1S/C11H18O4.C10H16O4.C10H18O4.C10H16O4.C8H16O3.C8H14O3.C6H9BrO2.C5H7F3O4P.C4H8O2.C3H4O2.C2H3FO.CH4.CH3.BrH.F2.Li.Mg.H2O/c1-9(4-5-10(12)13-3)6-15-11(2)7-14-8-11;1-8(3-4-9(11)12)5-14-10(2)6-13-7-10;2*1-4-13-9(11)8(2)5-14-10(3)6-12-7-10;2*1-7(3-9)4-11-8(2)5-10-6-8;1-3-9-6(8)5(2)4-7;1-11-4(9)2-13(10)12-3-5(6,7)8;1-4(5)2-6-3-4;4-3-1-5-2-3;3-1-2-4;;;;1-2;;;/h4-5,9H,6-8H2,1-3H3;3-4,8H,5-7H2,1-2H3,(H,11,12);8H,4-7H2,1-3H3;2,4-7H2,1,3H3;7,9H,3-6H2,1-2H3;3,7H,4-6H2,1-2H3;2-4H2,1H3;2-3H2,1H3;5H,2-3H2,1H3;1-2H2;2H,1H2;1H4;1H3;1H;;;;1H2/q;;;;;;;+1;;;;;-1;;;+1;+2;/p-2/b5-4-;4-3-;;;;;;;;;;;;;;;;. The predicted octanol–water partition coefficient (Wildman–Crippen LogP) is 3.04. The number of rotatable bonds is 36. The normalized spacial score (nSPS) is 18.2. The Morgan fingerprint density at radius 1 is 0.581 bits per heavy atom. The third-order valence-electron chi connectivity index (χ3n) is 15.1. The van der Waals surface area contributed by atoms with Crippen LogP contribution in [0.25, 0.3) is 0 Å². The minimum absolute atomic E-state index is 0. The number of aliphatic hydroxyl groups excluding tert-OH is 1. The molecule has 8 aliphatic heterocycles. The van der Waals surface area contributed by atoms with Gasteiger partial charge in [-0.25, -0.2) is 28.4 Å². The van der Waals surface area contributed by atoms with Gasteiger partial charge in [0.1, 0.15) is 65.4 Å². The first-order chi connectivity index (χ1) is 55.1. The number of carboxylic acid groups (broad SMARTS) is 1. The monoisotopic (exact) mass is 1960 g/mol. The number of aliphatic hydroxyl groups is 2. The molecule has 0 amide bonds. The number of ketones is 1. The molecular formula is C79H137Br2F6LiMgO34P+. The molecule has 0 aromatic rings. The minimum atomic E-state index is -4.54. The zero-order chi connectivity index (χ0) is 91.3. The zero-order valence-corrected chi connectivity index (χ0v) is 80.2. The Morgan fingerprint density at radius 2 is 0.903 bits per heavy atom. The maximum absolute atomic E-state index is 11.5. The van der Waals surface area contributed by atoms with Crippen LogP contribution in [0.2, 0.25) is 0 Å². The van der Waals surface area contributed by atoms with E-state index in [-0.39, 0.29) is 186 Å². The number of alkyl halides is 5. The summed E-state index contributed by atoms with van der Waals surface area (Å²) in [6.07, 6.45) is 1.90. The molecule has 4 N–H and O–H groups in total. The second kappa shape index (κ2) is 78.9. The van der Waals surface area contributed by atoms with E-state index < -0.39 is 57.2 Å². The van der Waals surface area contributed by atoms with E-state index in [1.54, 1.807) is 46.8 Å². The summed E-state index contributed by atoms with van der Waals surface area (Å²) in [5.41, 5.74) is -0.646. The van der Waals surface area contributed by atoms with Crippen molar-refractivity contribution in [3.63, 3.8) is 0 Å². The van der Waals surface area contributed by atoms with E-state index >= 15 is 0 Å². The summed E-state index contributed by atoms with van der Waals surface area (Å²) in [5, 5.41) is 26.4. The molecule has 6 unspecified atom stereocenters. The number of Topliss-reactive ketones (excluding diaryl/α,β-unsaturated/α-hetero) is 1. The summed E-state index contributed by atoms with van der Waals surface area (Å²) < 4.78 is 171. The number of carbonyl (C=O) groups excluding carboxylic acids is 8. The Bertz CT molecular complexity index is 2920. The largest absolute Gasteiger partial charge is 2.00 e. The number of aliphatic carboxylic acids is 1. The summed E-state index contributed by atoms with van der Waals surface area (Å²) in [6, 6.07) is 0. The van der Waals surface area contributed by atoms with Gasteiger partial charge in [0, 0.05) is 50.6 Å².